The van der Waals surface area contributed by atoms with Crippen molar-refractivity contribution in [2.24, 2.45) is 5.73 Å². The lowest BCUT2D eigenvalue weighted by Crippen LogP contribution is -2.26. The van der Waals surface area contributed by atoms with Gasteiger partial charge in [0.05, 0.1) is 24.4 Å². The number of methoxy groups -OCH3 is 1. The van der Waals surface area contributed by atoms with E-state index in [0.29, 0.717) is 5.76 Å². The summed E-state index contributed by atoms with van der Waals surface area (Å²) in [6.45, 7) is 1.44. The zero-order valence-corrected chi connectivity index (χ0v) is 13.9. The van der Waals surface area contributed by atoms with Crippen LogP contribution >= 0.6 is 11.6 Å². The van der Waals surface area contributed by atoms with Crippen molar-refractivity contribution in [3.8, 4) is 11.5 Å². The quantitative estimate of drug-likeness (QED) is 0.795. The minimum atomic E-state index is -0.651. The molecule has 1 aromatic heterocycles. The van der Waals surface area contributed by atoms with Crippen LogP contribution < -0.4 is 20.5 Å². The third-order valence-corrected chi connectivity index (χ3v) is 3.45. The van der Waals surface area contributed by atoms with E-state index >= 15 is 0 Å². The zero-order valence-electron chi connectivity index (χ0n) is 13.2. The van der Waals surface area contributed by atoms with Crippen molar-refractivity contribution in [2.45, 2.75) is 13.0 Å². The van der Waals surface area contributed by atoms with Crippen LogP contribution in [0.25, 0.3) is 0 Å². The molecule has 3 N–H and O–H groups in total. The summed E-state index contributed by atoms with van der Waals surface area (Å²) < 4.78 is 15.6. The number of benzene rings is 1. The Morgan fingerprint density at radius 2 is 2.17 bits per heavy atom. The van der Waals surface area contributed by atoms with E-state index in [2.05, 4.69) is 5.32 Å². The molecule has 7 nitrogen and oxygen atoms in total. The van der Waals surface area contributed by atoms with Crippen LogP contribution in [0.2, 0.25) is 5.02 Å². The molecule has 0 aliphatic rings. The smallest absolute Gasteiger partial charge is 0.255 e. The topological polar surface area (TPSA) is 104 Å². The lowest BCUT2D eigenvalue weighted by molar-refractivity contribution is -0.119. The highest BCUT2D eigenvalue weighted by molar-refractivity contribution is 6.32. The number of halogens is 1. The summed E-state index contributed by atoms with van der Waals surface area (Å²) in [4.78, 5) is 23.2. The van der Waals surface area contributed by atoms with Crippen LogP contribution in [0.3, 0.4) is 0 Å². The number of primary amides is 1. The van der Waals surface area contributed by atoms with Gasteiger partial charge in [0.2, 0.25) is 0 Å². The average molecular weight is 353 g/mol. The standard InChI is InChI=1S/C16H17ClN2O5/c1-9(12-4-3-5-23-12)19-16(21)10-6-11(17)15(13(7-10)22-2)24-8-14(18)20/h3-7,9H,8H2,1-2H3,(H2,18,20)(H,19,21). The molecule has 128 valence electrons. The molecule has 0 fully saturated rings. The maximum Gasteiger partial charge on any atom is 0.255 e. The Kier molecular flexibility index (Phi) is 5.70. The molecule has 2 aromatic rings. The van der Waals surface area contributed by atoms with Crippen LogP contribution in [0.5, 0.6) is 11.5 Å². The van der Waals surface area contributed by atoms with Gasteiger partial charge in [0, 0.05) is 5.56 Å². The molecule has 0 bridgehead atoms. The Balaban J connectivity index is 2.19. The van der Waals surface area contributed by atoms with Crippen molar-refractivity contribution in [1.82, 2.24) is 5.32 Å². The number of carbonyl (C=O) groups excluding carboxylic acids is 2. The van der Waals surface area contributed by atoms with E-state index < -0.39 is 5.91 Å². The van der Waals surface area contributed by atoms with Gasteiger partial charge in [0.15, 0.2) is 18.1 Å². The van der Waals surface area contributed by atoms with Crippen molar-refractivity contribution in [3.05, 3.63) is 46.9 Å². The van der Waals surface area contributed by atoms with Crippen LogP contribution in [0, 0.1) is 0 Å². The molecule has 24 heavy (non-hydrogen) atoms. The summed E-state index contributed by atoms with van der Waals surface area (Å²) in [6.07, 6.45) is 1.53. The number of nitrogens with two attached hydrogens (primary N) is 1. The number of rotatable bonds is 7. The van der Waals surface area contributed by atoms with Gasteiger partial charge in [-0.2, -0.15) is 0 Å². The maximum absolute atomic E-state index is 12.4. The van der Waals surface area contributed by atoms with E-state index in [9.17, 15) is 9.59 Å². The number of carbonyl (C=O) groups is 2. The van der Waals surface area contributed by atoms with Gasteiger partial charge in [-0.1, -0.05) is 11.6 Å². The van der Waals surface area contributed by atoms with E-state index in [-0.39, 0.29) is 40.6 Å². The second-order valence-electron chi connectivity index (χ2n) is 4.96. The van der Waals surface area contributed by atoms with E-state index in [1.54, 1.807) is 19.1 Å². The van der Waals surface area contributed by atoms with Gasteiger partial charge >= 0.3 is 0 Å². The molecular formula is C16H17ClN2O5. The summed E-state index contributed by atoms with van der Waals surface area (Å²) in [5, 5.41) is 2.92. The Hall–Kier alpha value is -2.67. The Bertz CT molecular complexity index is 730. The van der Waals surface area contributed by atoms with Gasteiger partial charge in [0.25, 0.3) is 11.8 Å². The molecule has 0 aliphatic carbocycles. The van der Waals surface area contributed by atoms with Crippen molar-refractivity contribution >= 4 is 23.4 Å². The molecule has 1 aromatic carbocycles. The first-order valence-electron chi connectivity index (χ1n) is 7.05. The molecule has 0 spiro atoms. The largest absolute Gasteiger partial charge is 0.493 e. The summed E-state index contributed by atoms with van der Waals surface area (Å²) in [7, 11) is 1.40. The Labute approximate surface area is 143 Å². The third-order valence-electron chi connectivity index (χ3n) is 3.17. The van der Waals surface area contributed by atoms with Gasteiger partial charge in [-0.25, -0.2) is 0 Å². The fourth-order valence-electron chi connectivity index (χ4n) is 2.02. The number of ether oxygens (including phenoxy) is 2. The molecule has 2 amide bonds. The third kappa shape index (κ3) is 4.20. The maximum atomic E-state index is 12.4. The van der Waals surface area contributed by atoms with Crippen molar-refractivity contribution < 1.29 is 23.5 Å². The molecule has 1 atom stereocenters. The normalized spacial score (nSPS) is 11.6. The van der Waals surface area contributed by atoms with E-state index in [1.807, 2.05) is 0 Å². The highest BCUT2D eigenvalue weighted by atomic mass is 35.5. The van der Waals surface area contributed by atoms with Gasteiger partial charge < -0.3 is 24.9 Å². The number of nitrogens with one attached hydrogen (secondary N) is 1. The van der Waals surface area contributed by atoms with Gasteiger partial charge in [-0.05, 0) is 31.2 Å². The molecule has 2 rings (SSSR count). The predicted octanol–water partition coefficient (Wildman–Crippen LogP) is 2.30. The van der Waals surface area contributed by atoms with Crippen LogP contribution in [0.15, 0.2) is 34.9 Å². The summed E-state index contributed by atoms with van der Waals surface area (Å²) >= 11 is 6.12. The molecule has 1 heterocycles. The minimum Gasteiger partial charge on any atom is -0.493 e. The fourth-order valence-corrected chi connectivity index (χ4v) is 2.29. The number of amides is 2. The monoisotopic (exact) mass is 352 g/mol. The van der Waals surface area contributed by atoms with E-state index in [4.69, 9.17) is 31.2 Å². The van der Waals surface area contributed by atoms with Gasteiger partial charge in [-0.15, -0.1) is 0 Å². The van der Waals surface area contributed by atoms with Crippen molar-refractivity contribution in [3.63, 3.8) is 0 Å². The second-order valence-corrected chi connectivity index (χ2v) is 5.36. The second kappa shape index (κ2) is 7.74. The zero-order chi connectivity index (χ0) is 17.7. The average Bonchev–Trinajstić information content (AvgIpc) is 3.07. The Morgan fingerprint density at radius 3 is 2.75 bits per heavy atom. The molecular weight excluding hydrogens is 336 g/mol. The lowest BCUT2D eigenvalue weighted by atomic mass is 10.1. The predicted molar refractivity (Wildman–Crippen MR) is 87.3 cm³/mol. The van der Waals surface area contributed by atoms with Gasteiger partial charge in [0.1, 0.15) is 5.76 Å². The summed E-state index contributed by atoms with van der Waals surface area (Å²) in [5.74, 6) is -0.0151. The molecule has 1 unspecified atom stereocenters. The SMILES string of the molecule is COc1cc(C(=O)NC(C)c2ccco2)cc(Cl)c1OCC(N)=O. The van der Waals surface area contributed by atoms with Crippen LogP contribution in [0.1, 0.15) is 29.1 Å². The van der Waals surface area contributed by atoms with E-state index in [0.717, 1.165) is 0 Å². The minimum absolute atomic E-state index is 0.131. The fraction of sp³-hybridized carbons (Fsp3) is 0.250. The van der Waals surface area contributed by atoms with Crippen LogP contribution in [-0.2, 0) is 4.79 Å². The van der Waals surface area contributed by atoms with Crippen LogP contribution in [-0.4, -0.2) is 25.5 Å². The van der Waals surface area contributed by atoms with Crippen molar-refractivity contribution in [1.29, 1.82) is 0 Å². The first-order chi connectivity index (χ1) is 11.4. The molecule has 0 aliphatic heterocycles. The number of hydrogen-bond acceptors (Lipinski definition) is 5. The molecule has 0 radical (unpaired) electrons. The lowest BCUT2D eigenvalue weighted by Gasteiger charge is -2.15. The first-order valence-corrected chi connectivity index (χ1v) is 7.43. The van der Waals surface area contributed by atoms with Crippen LogP contribution in [0.4, 0.5) is 0 Å². The highest BCUT2D eigenvalue weighted by Gasteiger charge is 2.19. The molecule has 0 saturated carbocycles. The number of hydrogen-bond donors (Lipinski definition) is 2. The number of furan rings is 1. The van der Waals surface area contributed by atoms with E-state index in [1.165, 1.54) is 25.5 Å². The summed E-state index contributed by atoms with van der Waals surface area (Å²) in [5.41, 5.74) is 5.32. The van der Waals surface area contributed by atoms with Gasteiger partial charge in [-0.3, -0.25) is 9.59 Å². The van der Waals surface area contributed by atoms with Crippen molar-refractivity contribution in [2.75, 3.05) is 13.7 Å². The Morgan fingerprint density at radius 1 is 1.42 bits per heavy atom. The summed E-state index contributed by atoms with van der Waals surface area (Å²) in [6, 6.07) is 6.07. The highest BCUT2D eigenvalue weighted by Crippen LogP contribution is 2.36. The molecule has 0 saturated heterocycles. The molecule has 8 heteroatoms. The first kappa shape index (κ1) is 17.7.